The summed E-state index contributed by atoms with van der Waals surface area (Å²) in [5.74, 6) is 0.802. The molecule has 140 valence electrons. The fourth-order valence-electron chi connectivity index (χ4n) is 2.77. The molecule has 2 N–H and O–H groups in total. The fourth-order valence-corrected chi connectivity index (χ4v) is 2.77. The molecule has 1 aliphatic heterocycles. The van der Waals surface area contributed by atoms with Crippen molar-refractivity contribution in [3.05, 3.63) is 35.4 Å². The second-order valence-electron chi connectivity index (χ2n) is 6.17. The molecular weight excluding hydrogens is 318 g/mol. The van der Waals surface area contributed by atoms with Crippen molar-refractivity contribution in [1.82, 2.24) is 10.6 Å². The van der Waals surface area contributed by atoms with Crippen LogP contribution in [-0.4, -0.2) is 52.6 Å². The van der Waals surface area contributed by atoms with Crippen LogP contribution in [0.3, 0.4) is 0 Å². The van der Waals surface area contributed by atoms with E-state index in [1.54, 1.807) is 14.2 Å². The van der Waals surface area contributed by atoms with Crippen LogP contribution in [0.1, 0.15) is 30.4 Å². The van der Waals surface area contributed by atoms with Crippen molar-refractivity contribution in [2.75, 3.05) is 40.5 Å². The van der Waals surface area contributed by atoms with Gasteiger partial charge in [-0.2, -0.15) is 0 Å². The molecule has 1 fully saturated rings. The average Bonchev–Trinajstić information content (AvgIpc) is 3.14. The Morgan fingerprint density at radius 2 is 2.20 bits per heavy atom. The molecule has 6 nitrogen and oxygen atoms in total. The number of hydrogen-bond donors (Lipinski definition) is 2. The quantitative estimate of drug-likeness (QED) is 0.385. The van der Waals surface area contributed by atoms with Gasteiger partial charge in [0.2, 0.25) is 0 Å². The summed E-state index contributed by atoms with van der Waals surface area (Å²) in [5, 5.41) is 6.64. The third kappa shape index (κ3) is 7.86. The van der Waals surface area contributed by atoms with E-state index in [0.717, 1.165) is 51.5 Å². The molecule has 6 heteroatoms. The maximum absolute atomic E-state index is 5.66. The fraction of sp³-hybridized carbons (Fsp3) is 0.632. The maximum Gasteiger partial charge on any atom is 0.191 e. The van der Waals surface area contributed by atoms with Gasteiger partial charge in [0.05, 0.1) is 19.3 Å². The lowest BCUT2D eigenvalue weighted by atomic mass is 10.1. The molecule has 2 rings (SSSR count). The Morgan fingerprint density at radius 3 is 2.96 bits per heavy atom. The van der Waals surface area contributed by atoms with E-state index in [2.05, 4.69) is 33.8 Å². The zero-order valence-corrected chi connectivity index (χ0v) is 15.4. The highest BCUT2D eigenvalue weighted by Crippen LogP contribution is 2.11. The second kappa shape index (κ2) is 11.8. The Labute approximate surface area is 151 Å². The van der Waals surface area contributed by atoms with Crippen molar-refractivity contribution in [2.24, 2.45) is 4.99 Å². The van der Waals surface area contributed by atoms with Crippen molar-refractivity contribution in [3.63, 3.8) is 0 Å². The van der Waals surface area contributed by atoms with E-state index in [1.165, 1.54) is 11.1 Å². The van der Waals surface area contributed by atoms with Crippen LogP contribution in [0.25, 0.3) is 0 Å². The van der Waals surface area contributed by atoms with Crippen LogP contribution in [0.15, 0.2) is 29.3 Å². The van der Waals surface area contributed by atoms with E-state index in [9.17, 15) is 0 Å². The Kier molecular flexibility index (Phi) is 9.33. The van der Waals surface area contributed by atoms with Gasteiger partial charge >= 0.3 is 0 Å². The summed E-state index contributed by atoms with van der Waals surface area (Å²) in [7, 11) is 3.49. The van der Waals surface area contributed by atoms with Gasteiger partial charge < -0.3 is 24.8 Å². The summed E-state index contributed by atoms with van der Waals surface area (Å²) < 4.78 is 16.4. The lowest BCUT2D eigenvalue weighted by Crippen LogP contribution is -2.37. The minimum absolute atomic E-state index is 0.302. The maximum atomic E-state index is 5.66. The Bertz CT molecular complexity index is 516. The third-order valence-electron chi connectivity index (χ3n) is 4.07. The average molecular weight is 349 g/mol. The molecule has 1 atom stereocenters. The SMILES string of the molecule is CN=C(NCCCOCC1CCCO1)NCc1cccc(COC)c1. The molecule has 0 radical (unpaired) electrons. The van der Waals surface area contributed by atoms with Crippen molar-refractivity contribution in [3.8, 4) is 0 Å². The minimum atomic E-state index is 0.302. The highest BCUT2D eigenvalue weighted by atomic mass is 16.5. The molecule has 1 unspecified atom stereocenters. The van der Waals surface area contributed by atoms with Gasteiger partial charge in [0.1, 0.15) is 0 Å². The van der Waals surface area contributed by atoms with E-state index in [1.807, 2.05) is 6.07 Å². The first-order chi connectivity index (χ1) is 12.3. The summed E-state index contributed by atoms with van der Waals surface area (Å²) in [6.45, 7) is 4.52. The zero-order valence-electron chi connectivity index (χ0n) is 15.4. The van der Waals surface area contributed by atoms with Gasteiger partial charge in [-0.3, -0.25) is 4.99 Å². The molecule has 0 aromatic heterocycles. The van der Waals surface area contributed by atoms with Crippen LogP contribution in [0, 0.1) is 0 Å². The van der Waals surface area contributed by atoms with E-state index < -0.39 is 0 Å². The second-order valence-corrected chi connectivity index (χ2v) is 6.17. The number of hydrogen-bond acceptors (Lipinski definition) is 4. The van der Waals surface area contributed by atoms with Crippen LogP contribution >= 0.6 is 0 Å². The van der Waals surface area contributed by atoms with Crippen LogP contribution in [0.2, 0.25) is 0 Å². The lowest BCUT2D eigenvalue weighted by molar-refractivity contribution is 0.0168. The summed E-state index contributed by atoms with van der Waals surface area (Å²) in [4.78, 5) is 4.25. The largest absolute Gasteiger partial charge is 0.380 e. The van der Waals surface area contributed by atoms with Crippen molar-refractivity contribution in [2.45, 2.75) is 38.5 Å². The summed E-state index contributed by atoms with van der Waals surface area (Å²) in [6.07, 6.45) is 3.53. The van der Waals surface area contributed by atoms with E-state index in [4.69, 9.17) is 14.2 Å². The number of nitrogens with zero attached hydrogens (tertiary/aromatic N) is 1. The standard InChI is InChI=1S/C19H31N3O3/c1-20-19(21-9-5-10-24-15-18-8-4-11-25-18)22-13-16-6-3-7-17(12-16)14-23-2/h3,6-7,12,18H,4-5,8-11,13-15H2,1-2H3,(H2,20,21,22). The van der Waals surface area contributed by atoms with Crippen LogP contribution < -0.4 is 10.6 Å². The van der Waals surface area contributed by atoms with Gasteiger partial charge in [0.15, 0.2) is 5.96 Å². The first kappa shape index (κ1) is 19.7. The van der Waals surface area contributed by atoms with Gasteiger partial charge in [-0.15, -0.1) is 0 Å². The molecule has 25 heavy (non-hydrogen) atoms. The predicted octanol–water partition coefficient (Wildman–Crippen LogP) is 2.08. The van der Waals surface area contributed by atoms with Gasteiger partial charge in [0.25, 0.3) is 0 Å². The summed E-state index contributed by atoms with van der Waals surface area (Å²) in [5.41, 5.74) is 2.38. The third-order valence-corrected chi connectivity index (χ3v) is 4.07. The normalized spacial score (nSPS) is 17.7. The minimum Gasteiger partial charge on any atom is -0.380 e. The van der Waals surface area contributed by atoms with E-state index in [-0.39, 0.29) is 0 Å². The number of methoxy groups -OCH3 is 1. The number of ether oxygens (including phenoxy) is 3. The van der Waals surface area contributed by atoms with Gasteiger partial charge in [-0.05, 0) is 30.4 Å². The van der Waals surface area contributed by atoms with Gasteiger partial charge in [-0.25, -0.2) is 0 Å². The molecule has 1 aromatic carbocycles. The number of nitrogens with one attached hydrogen (secondary N) is 2. The molecule has 0 aliphatic carbocycles. The molecule has 1 saturated heterocycles. The number of rotatable bonds is 10. The van der Waals surface area contributed by atoms with Crippen molar-refractivity contribution in [1.29, 1.82) is 0 Å². The van der Waals surface area contributed by atoms with E-state index >= 15 is 0 Å². The highest BCUT2D eigenvalue weighted by molar-refractivity contribution is 5.79. The first-order valence-corrected chi connectivity index (χ1v) is 9.02. The van der Waals surface area contributed by atoms with Crippen LogP contribution in [-0.2, 0) is 27.4 Å². The van der Waals surface area contributed by atoms with Crippen LogP contribution in [0.5, 0.6) is 0 Å². The Morgan fingerprint density at radius 1 is 1.32 bits per heavy atom. The van der Waals surface area contributed by atoms with Gasteiger partial charge in [0, 0.05) is 40.5 Å². The molecule has 0 spiro atoms. The lowest BCUT2D eigenvalue weighted by Gasteiger charge is -2.13. The predicted molar refractivity (Wildman–Crippen MR) is 99.8 cm³/mol. The van der Waals surface area contributed by atoms with Gasteiger partial charge in [-0.1, -0.05) is 24.3 Å². The number of benzene rings is 1. The highest BCUT2D eigenvalue weighted by Gasteiger charge is 2.14. The van der Waals surface area contributed by atoms with Crippen molar-refractivity contribution >= 4 is 5.96 Å². The molecule has 0 amide bonds. The molecular formula is C19H31N3O3. The van der Waals surface area contributed by atoms with Crippen LogP contribution in [0.4, 0.5) is 0 Å². The first-order valence-electron chi connectivity index (χ1n) is 9.02. The molecule has 1 heterocycles. The molecule has 0 bridgehead atoms. The molecule has 0 saturated carbocycles. The zero-order chi connectivity index (χ0) is 17.7. The summed E-state index contributed by atoms with van der Waals surface area (Å²) in [6, 6.07) is 8.35. The number of aliphatic imine (C=N–C) groups is 1. The summed E-state index contributed by atoms with van der Waals surface area (Å²) >= 11 is 0. The smallest absolute Gasteiger partial charge is 0.191 e. The molecule has 1 aromatic rings. The number of guanidine groups is 1. The van der Waals surface area contributed by atoms with E-state index in [0.29, 0.717) is 19.3 Å². The monoisotopic (exact) mass is 349 g/mol. The topological polar surface area (TPSA) is 64.1 Å². The molecule has 1 aliphatic rings. The Balaban J connectivity index is 1.57. The van der Waals surface area contributed by atoms with Crippen molar-refractivity contribution < 1.29 is 14.2 Å². The Hall–Kier alpha value is -1.63.